The molecule has 0 atom stereocenters. The highest BCUT2D eigenvalue weighted by atomic mass is 32.2. The van der Waals surface area contributed by atoms with Gasteiger partial charge in [0.05, 0.1) is 26.0 Å². The first kappa shape index (κ1) is 24.4. The molecule has 2 aliphatic carbocycles. The number of likely N-dealkylation sites (N-methyl/N-ethyl adjacent to an activating group) is 1. The number of methoxy groups -OCH3 is 1. The molecular formula is C24H34N6O3S. The van der Waals surface area contributed by atoms with Crippen molar-refractivity contribution in [2.24, 2.45) is 0 Å². The standard InChI is InChI=1S/C24H34N6O3S/c1-29(15-22(31)26-17-11-12-17)23(32)16-34-24-28-27-21(30(24)19-8-4-3-5-9-19)14-25-18-7-6-10-20(13-18)33-2/h6-7,10,13,17,19,25H,3-5,8-9,11-12,14-16H2,1-2H3,(H,26,31). The van der Waals surface area contributed by atoms with E-state index in [9.17, 15) is 9.59 Å². The quantitative estimate of drug-likeness (QED) is 0.470. The Kier molecular flexibility index (Phi) is 8.31. The fourth-order valence-corrected chi connectivity index (χ4v) is 5.15. The first-order valence-corrected chi connectivity index (χ1v) is 13.0. The van der Waals surface area contributed by atoms with Gasteiger partial charge in [0.15, 0.2) is 11.0 Å². The molecule has 9 nitrogen and oxygen atoms in total. The number of nitrogens with zero attached hydrogens (tertiary/aromatic N) is 4. The van der Waals surface area contributed by atoms with Crippen molar-refractivity contribution in [1.29, 1.82) is 0 Å². The third kappa shape index (κ3) is 6.65. The molecule has 2 fully saturated rings. The van der Waals surface area contributed by atoms with Crippen LogP contribution in [0.1, 0.15) is 56.8 Å². The summed E-state index contributed by atoms with van der Waals surface area (Å²) in [6.45, 7) is 0.618. The molecule has 0 radical (unpaired) electrons. The number of nitrogens with one attached hydrogen (secondary N) is 2. The second kappa shape index (κ2) is 11.6. The van der Waals surface area contributed by atoms with Gasteiger partial charge in [-0.2, -0.15) is 0 Å². The first-order valence-electron chi connectivity index (χ1n) is 12.0. The number of aromatic nitrogens is 3. The van der Waals surface area contributed by atoms with Crippen molar-refractivity contribution < 1.29 is 14.3 Å². The monoisotopic (exact) mass is 486 g/mol. The minimum atomic E-state index is -0.0976. The lowest BCUT2D eigenvalue weighted by molar-refractivity contribution is -0.132. The van der Waals surface area contributed by atoms with Gasteiger partial charge in [0.1, 0.15) is 5.75 Å². The maximum Gasteiger partial charge on any atom is 0.239 e. The lowest BCUT2D eigenvalue weighted by Crippen LogP contribution is -2.39. The normalized spacial score (nSPS) is 16.2. The van der Waals surface area contributed by atoms with Gasteiger partial charge < -0.3 is 24.8 Å². The Labute approximate surface area is 205 Å². The Morgan fingerprint density at radius 3 is 2.71 bits per heavy atom. The van der Waals surface area contributed by atoms with Crippen LogP contribution in [0.3, 0.4) is 0 Å². The van der Waals surface area contributed by atoms with Crippen molar-refractivity contribution >= 4 is 29.3 Å². The predicted octanol–water partition coefficient (Wildman–Crippen LogP) is 3.23. The molecule has 0 bridgehead atoms. The van der Waals surface area contributed by atoms with Crippen molar-refractivity contribution in [3.63, 3.8) is 0 Å². The Morgan fingerprint density at radius 1 is 1.18 bits per heavy atom. The van der Waals surface area contributed by atoms with Crippen LogP contribution in [-0.4, -0.2) is 64.0 Å². The van der Waals surface area contributed by atoms with E-state index < -0.39 is 0 Å². The minimum Gasteiger partial charge on any atom is -0.497 e. The van der Waals surface area contributed by atoms with Gasteiger partial charge in [0, 0.05) is 30.9 Å². The van der Waals surface area contributed by atoms with E-state index in [1.807, 2.05) is 24.3 Å². The number of amides is 2. The molecule has 1 aromatic carbocycles. The van der Waals surface area contributed by atoms with Gasteiger partial charge in [-0.25, -0.2) is 0 Å². The molecule has 2 aromatic rings. The second-order valence-electron chi connectivity index (χ2n) is 9.03. The smallest absolute Gasteiger partial charge is 0.239 e. The molecule has 1 heterocycles. The summed E-state index contributed by atoms with van der Waals surface area (Å²) in [5.74, 6) is 1.69. The zero-order valence-corrected chi connectivity index (χ0v) is 20.8. The molecule has 1 aromatic heterocycles. The van der Waals surface area contributed by atoms with Gasteiger partial charge in [-0.15, -0.1) is 10.2 Å². The number of ether oxygens (including phenoxy) is 1. The number of carbonyl (C=O) groups is 2. The van der Waals surface area contributed by atoms with E-state index in [2.05, 4.69) is 25.4 Å². The molecule has 2 N–H and O–H groups in total. The highest BCUT2D eigenvalue weighted by molar-refractivity contribution is 7.99. The highest BCUT2D eigenvalue weighted by Gasteiger charge is 2.26. The van der Waals surface area contributed by atoms with Crippen LogP contribution in [0, 0.1) is 0 Å². The average Bonchev–Trinajstić information content (AvgIpc) is 3.57. The Morgan fingerprint density at radius 2 is 1.97 bits per heavy atom. The number of rotatable bonds is 11. The van der Waals surface area contributed by atoms with E-state index in [0.29, 0.717) is 18.6 Å². The summed E-state index contributed by atoms with van der Waals surface area (Å²) in [7, 11) is 3.32. The van der Waals surface area contributed by atoms with Crippen molar-refractivity contribution in [2.75, 3.05) is 31.8 Å². The summed E-state index contributed by atoms with van der Waals surface area (Å²) in [5, 5.41) is 16.0. The Bertz CT molecular complexity index is 987. The van der Waals surface area contributed by atoms with E-state index in [0.717, 1.165) is 48.1 Å². The van der Waals surface area contributed by atoms with Crippen molar-refractivity contribution in [3.8, 4) is 5.75 Å². The molecule has 2 saturated carbocycles. The van der Waals surface area contributed by atoms with Crippen LogP contribution in [0.25, 0.3) is 0 Å². The van der Waals surface area contributed by atoms with E-state index in [1.165, 1.54) is 35.9 Å². The zero-order valence-electron chi connectivity index (χ0n) is 20.0. The van der Waals surface area contributed by atoms with Crippen LogP contribution in [0.4, 0.5) is 5.69 Å². The lowest BCUT2D eigenvalue weighted by atomic mass is 9.95. The third-order valence-corrected chi connectivity index (χ3v) is 7.20. The van der Waals surface area contributed by atoms with E-state index in [-0.39, 0.29) is 24.1 Å². The Hall–Kier alpha value is -2.75. The van der Waals surface area contributed by atoms with Crippen molar-refractivity contribution in [1.82, 2.24) is 25.0 Å². The SMILES string of the molecule is COc1cccc(NCc2nnc(SCC(=O)N(C)CC(=O)NC3CC3)n2C2CCCCC2)c1. The molecule has 2 aliphatic rings. The number of hydrogen-bond acceptors (Lipinski definition) is 7. The molecule has 184 valence electrons. The fraction of sp³-hybridized carbons (Fsp3) is 0.583. The van der Waals surface area contributed by atoms with Crippen LogP contribution < -0.4 is 15.4 Å². The van der Waals surface area contributed by atoms with Gasteiger partial charge in [-0.05, 0) is 37.8 Å². The van der Waals surface area contributed by atoms with Crippen molar-refractivity contribution in [3.05, 3.63) is 30.1 Å². The number of thioether (sulfide) groups is 1. The summed E-state index contributed by atoms with van der Waals surface area (Å²) in [4.78, 5) is 26.2. The molecule has 34 heavy (non-hydrogen) atoms. The molecule has 4 rings (SSSR count). The molecular weight excluding hydrogens is 452 g/mol. The minimum absolute atomic E-state index is 0.0842. The maximum atomic E-state index is 12.7. The predicted molar refractivity (Wildman–Crippen MR) is 132 cm³/mol. The number of carbonyl (C=O) groups excluding carboxylic acids is 2. The van der Waals surface area contributed by atoms with E-state index in [1.54, 1.807) is 14.2 Å². The molecule has 10 heteroatoms. The van der Waals surface area contributed by atoms with Gasteiger partial charge in [0.2, 0.25) is 11.8 Å². The number of benzene rings is 1. The van der Waals surface area contributed by atoms with Gasteiger partial charge in [-0.1, -0.05) is 37.1 Å². The third-order valence-electron chi connectivity index (χ3n) is 6.27. The van der Waals surface area contributed by atoms with Gasteiger partial charge in [0.25, 0.3) is 0 Å². The second-order valence-corrected chi connectivity index (χ2v) is 9.97. The van der Waals surface area contributed by atoms with Crippen molar-refractivity contribution in [2.45, 2.75) is 68.7 Å². The Balaban J connectivity index is 1.39. The topological polar surface area (TPSA) is 101 Å². The molecule has 0 saturated heterocycles. The van der Waals surface area contributed by atoms with Crippen LogP contribution >= 0.6 is 11.8 Å². The summed E-state index contributed by atoms with van der Waals surface area (Å²) >= 11 is 1.40. The largest absolute Gasteiger partial charge is 0.497 e. The van der Waals surface area contributed by atoms with Crippen LogP contribution in [0.5, 0.6) is 5.75 Å². The first-order chi connectivity index (χ1) is 16.5. The molecule has 0 unspecified atom stereocenters. The van der Waals surface area contributed by atoms with Crippen LogP contribution in [-0.2, 0) is 16.1 Å². The number of anilines is 1. The summed E-state index contributed by atoms with van der Waals surface area (Å²) in [6, 6.07) is 8.43. The summed E-state index contributed by atoms with van der Waals surface area (Å²) in [5.41, 5.74) is 0.952. The lowest BCUT2D eigenvalue weighted by Gasteiger charge is -2.26. The van der Waals surface area contributed by atoms with Gasteiger partial charge >= 0.3 is 0 Å². The average molecular weight is 487 g/mol. The molecule has 2 amide bonds. The maximum absolute atomic E-state index is 12.7. The highest BCUT2D eigenvalue weighted by Crippen LogP contribution is 2.33. The van der Waals surface area contributed by atoms with E-state index >= 15 is 0 Å². The van der Waals surface area contributed by atoms with Crippen LogP contribution in [0.15, 0.2) is 29.4 Å². The summed E-state index contributed by atoms with van der Waals surface area (Å²) in [6.07, 6.45) is 7.88. The fourth-order valence-electron chi connectivity index (χ4n) is 4.19. The zero-order chi connectivity index (χ0) is 23.9. The number of hydrogen-bond donors (Lipinski definition) is 2. The van der Waals surface area contributed by atoms with E-state index in [4.69, 9.17) is 4.74 Å². The molecule has 0 spiro atoms. The van der Waals surface area contributed by atoms with Crippen LogP contribution in [0.2, 0.25) is 0 Å². The molecule has 0 aliphatic heterocycles. The summed E-state index contributed by atoms with van der Waals surface area (Å²) < 4.78 is 7.52. The van der Waals surface area contributed by atoms with Gasteiger partial charge in [-0.3, -0.25) is 9.59 Å².